The first-order valence-corrected chi connectivity index (χ1v) is 10.2. The maximum atomic E-state index is 10.1. The number of unbranched alkanes of at least 4 members (excludes halogenated alkanes) is 8. The second-order valence-electron chi connectivity index (χ2n) is 6.35. The first-order valence-electron chi connectivity index (χ1n) is 10.2. The third kappa shape index (κ3) is 27.2. The number of hydrogen-bond acceptors (Lipinski definition) is 2. The summed E-state index contributed by atoms with van der Waals surface area (Å²) in [6, 6.07) is 0. The normalized spacial score (nSPS) is 11.9. The second-order valence-corrected chi connectivity index (χ2v) is 6.35. The van der Waals surface area contributed by atoms with Gasteiger partial charge < -0.3 is 0 Å². The van der Waals surface area contributed by atoms with Crippen LogP contribution in [0, 0.1) is 0 Å². The zero-order valence-electron chi connectivity index (χ0n) is 17.3. The van der Waals surface area contributed by atoms with Crippen LogP contribution in [0.1, 0.15) is 91.4 Å². The van der Waals surface area contributed by atoms with Gasteiger partial charge in [-0.05, 0) is 76.9 Å². The van der Waals surface area contributed by atoms with Gasteiger partial charge >= 0.3 is 0 Å². The van der Waals surface area contributed by atoms with E-state index < -0.39 is 0 Å². The molecule has 0 aromatic carbocycles. The highest BCUT2D eigenvalue weighted by atomic mass is 16.1. The van der Waals surface area contributed by atoms with Crippen LogP contribution in [0.25, 0.3) is 0 Å². The fourth-order valence-electron chi connectivity index (χ4n) is 2.27. The molecule has 0 amide bonds. The highest BCUT2D eigenvalue weighted by molar-refractivity contribution is 5.71. The van der Waals surface area contributed by atoms with Gasteiger partial charge in [-0.15, -0.1) is 0 Å². The van der Waals surface area contributed by atoms with Crippen molar-refractivity contribution in [1.82, 2.24) is 0 Å². The van der Waals surface area contributed by atoms with Crippen LogP contribution in [0.5, 0.6) is 0 Å². The molecule has 0 rings (SSSR count). The summed E-state index contributed by atoms with van der Waals surface area (Å²) in [7, 11) is 0. The van der Waals surface area contributed by atoms with Gasteiger partial charge in [-0.3, -0.25) is 9.59 Å². The monoisotopic (exact) mass is 360 g/mol. The Morgan fingerprint density at radius 1 is 0.731 bits per heavy atom. The molecule has 0 unspecified atom stereocenters. The molecule has 0 saturated heterocycles. The molecule has 2 heteroatoms. The molecule has 26 heavy (non-hydrogen) atoms. The molecule has 0 aromatic rings. The number of aldehydes is 2. The van der Waals surface area contributed by atoms with Gasteiger partial charge in [0.15, 0.2) is 0 Å². The lowest BCUT2D eigenvalue weighted by molar-refractivity contribution is -0.105. The van der Waals surface area contributed by atoms with Crippen LogP contribution in [-0.2, 0) is 9.59 Å². The zero-order chi connectivity index (χ0) is 19.7. The lowest BCUT2D eigenvalue weighted by atomic mass is 10.1. The highest BCUT2D eigenvalue weighted by Crippen LogP contribution is 2.08. The number of allylic oxidation sites excluding steroid dienone is 8. The zero-order valence-corrected chi connectivity index (χ0v) is 17.3. The van der Waals surface area contributed by atoms with Crippen molar-refractivity contribution in [2.45, 2.75) is 91.4 Å². The van der Waals surface area contributed by atoms with Crippen LogP contribution >= 0.6 is 0 Å². The quantitative estimate of drug-likeness (QED) is 0.133. The molecule has 0 aromatic heterocycles. The van der Waals surface area contributed by atoms with Gasteiger partial charge in [0.2, 0.25) is 0 Å². The van der Waals surface area contributed by atoms with Crippen molar-refractivity contribution in [3.8, 4) is 0 Å². The van der Waals surface area contributed by atoms with Gasteiger partial charge in [0.05, 0.1) is 0 Å². The highest BCUT2D eigenvalue weighted by Gasteiger charge is 1.88. The van der Waals surface area contributed by atoms with Crippen molar-refractivity contribution in [2.75, 3.05) is 0 Å². The van der Waals surface area contributed by atoms with E-state index in [0.717, 1.165) is 50.2 Å². The molecular weight excluding hydrogens is 320 g/mol. The molecule has 0 heterocycles. The molecule has 0 aliphatic carbocycles. The molecule has 148 valence electrons. The Hall–Kier alpha value is -1.70. The minimum absolute atomic E-state index is 0.838. The van der Waals surface area contributed by atoms with E-state index in [4.69, 9.17) is 0 Å². The van der Waals surface area contributed by atoms with E-state index in [1.807, 2.05) is 26.0 Å². The first kappa shape index (κ1) is 26.5. The second kappa shape index (κ2) is 25.5. The number of carbonyl (C=O) groups is 2. The molecule has 0 radical (unpaired) electrons. The van der Waals surface area contributed by atoms with Gasteiger partial charge in [-0.25, -0.2) is 0 Å². The Kier molecular flexibility index (Phi) is 26.1. The van der Waals surface area contributed by atoms with Gasteiger partial charge in [0.25, 0.3) is 0 Å². The van der Waals surface area contributed by atoms with Gasteiger partial charge in [0, 0.05) is 0 Å². The Morgan fingerprint density at radius 3 is 1.92 bits per heavy atom. The molecule has 0 aliphatic heterocycles. The Balaban J connectivity index is 0. The minimum Gasteiger partial charge on any atom is -0.299 e. The fourth-order valence-corrected chi connectivity index (χ4v) is 2.27. The average molecular weight is 361 g/mol. The summed E-state index contributed by atoms with van der Waals surface area (Å²) in [5.74, 6) is 0. The molecule has 0 bridgehead atoms. The molecule has 2 nitrogen and oxygen atoms in total. The van der Waals surface area contributed by atoms with Crippen molar-refractivity contribution in [1.29, 1.82) is 0 Å². The molecule has 0 spiro atoms. The predicted molar refractivity (Wildman–Crippen MR) is 115 cm³/mol. The van der Waals surface area contributed by atoms with Gasteiger partial charge in [-0.2, -0.15) is 0 Å². The summed E-state index contributed by atoms with van der Waals surface area (Å²) in [6.07, 6.45) is 29.2. The summed E-state index contributed by atoms with van der Waals surface area (Å²) in [4.78, 5) is 20.1. The van der Waals surface area contributed by atoms with Crippen LogP contribution in [0.3, 0.4) is 0 Å². The number of hydrogen-bond donors (Lipinski definition) is 0. The summed E-state index contributed by atoms with van der Waals surface area (Å²) in [6.45, 7) is 6.03. The molecule has 0 atom stereocenters. The van der Waals surface area contributed by atoms with Crippen molar-refractivity contribution in [2.24, 2.45) is 0 Å². The van der Waals surface area contributed by atoms with Gasteiger partial charge in [-0.1, -0.05) is 62.6 Å². The molecule has 0 saturated carbocycles. The summed E-state index contributed by atoms with van der Waals surface area (Å²) < 4.78 is 0. The van der Waals surface area contributed by atoms with E-state index >= 15 is 0 Å². The smallest absolute Gasteiger partial charge is 0.145 e. The largest absolute Gasteiger partial charge is 0.299 e. The lowest BCUT2D eigenvalue weighted by Crippen LogP contribution is -1.78. The molecule has 0 N–H and O–H groups in total. The van der Waals surface area contributed by atoms with Crippen LogP contribution in [0.2, 0.25) is 0 Å². The van der Waals surface area contributed by atoms with Crippen LogP contribution in [0.15, 0.2) is 48.1 Å². The van der Waals surface area contributed by atoms with Crippen molar-refractivity contribution < 1.29 is 9.59 Å². The van der Waals surface area contributed by atoms with Crippen LogP contribution in [-0.4, -0.2) is 12.6 Å². The van der Waals surface area contributed by atoms with E-state index in [2.05, 4.69) is 31.2 Å². The SMILES string of the molecule is C/C=C\CCC/C=C(\C)C=O.CC/C=C\CCCCCCC/C=C/C=O. The Morgan fingerprint density at radius 2 is 1.35 bits per heavy atom. The maximum Gasteiger partial charge on any atom is 0.145 e. The standard InChI is InChI=1S/C14H24O.C10H16O/c1-2-3-4-5-6-7-8-9-10-11-12-13-14-15;1-3-4-5-6-7-8-10(2)9-11/h3-4,12-14H,2,5-11H2,1H3;3-4,8-9H,5-7H2,1-2H3/b4-3-,13-12+;4-3-,10-8+. The van der Waals surface area contributed by atoms with E-state index in [-0.39, 0.29) is 0 Å². The Bertz CT molecular complexity index is 414. The van der Waals surface area contributed by atoms with E-state index in [0.29, 0.717) is 0 Å². The summed E-state index contributed by atoms with van der Waals surface area (Å²) >= 11 is 0. The van der Waals surface area contributed by atoms with Crippen LogP contribution in [0.4, 0.5) is 0 Å². The van der Waals surface area contributed by atoms with E-state index in [1.165, 1.54) is 38.5 Å². The average Bonchev–Trinajstić information content (AvgIpc) is 2.66. The van der Waals surface area contributed by atoms with Crippen molar-refractivity contribution in [3.63, 3.8) is 0 Å². The van der Waals surface area contributed by atoms with Crippen molar-refractivity contribution >= 4 is 12.6 Å². The number of rotatable bonds is 15. The third-order valence-electron chi connectivity index (χ3n) is 3.82. The lowest BCUT2D eigenvalue weighted by Gasteiger charge is -1.97. The van der Waals surface area contributed by atoms with E-state index in [9.17, 15) is 9.59 Å². The maximum absolute atomic E-state index is 10.1. The predicted octanol–water partition coefficient (Wildman–Crippen LogP) is 7.32. The van der Waals surface area contributed by atoms with E-state index in [1.54, 1.807) is 6.08 Å². The summed E-state index contributed by atoms with van der Waals surface area (Å²) in [5, 5.41) is 0. The third-order valence-corrected chi connectivity index (χ3v) is 3.82. The van der Waals surface area contributed by atoms with Crippen molar-refractivity contribution in [3.05, 3.63) is 48.1 Å². The molecular formula is C24H40O2. The Labute approximate surface area is 162 Å². The first-order chi connectivity index (χ1) is 12.7. The fraction of sp³-hybridized carbons (Fsp3) is 0.583. The van der Waals surface area contributed by atoms with Crippen LogP contribution < -0.4 is 0 Å². The number of carbonyl (C=O) groups excluding carboxylic acids is 2. The minimum atomic E-state index is 0.838. The topological polar surface area (TPSA) is 34.1 Å². The van der Waals surface area contributed by atoms with Gasteiger partial charge in [0.1, 0.15) is 12.6 Å². The summed E-state index contributed by atoms with van der Waals surface area (Å²) in [5.41, 5.74) is 0.838. The molecule has 0 aliphatic rings. The molecule has 0 fully saturated rings.